The highest BCUT2D eigenvalue weighted by molar-refractivity contribution is 5.43. The molecule has 0 aliphatic carbocycles. The molecule has 0 atom stereocenters. The van der Waals surface area contributed by atoms with Crippen molar-refractivity contribution in [2.45, 2.75) is 84.5 Å². The standard InChI is InChI=1S/C27H42N2/c1-3-5-17-26-22(15-9-19-28)11-7-13-24(26)21-25-14-8-12-23(16-10-20-29)27(25)18-6-4-2/h7-8,11-14H,3-6,9-10,15-21,28-29H2,1-2H3. The van der Waals surface area contributed by atoms with Crippen LogP contribution in [0.15, 0.2) is 36.4 Å². The first-order valence-electron chi connectivity index (χ1n) is 11.8. The molecule has 2 aromatic rings. The molecule has 0 amide bonds. The third-order valence-corrected chi connectivity index (χ3v) is 5.98. The van der Waals surface area contributed by atoms with Gasteiger partial charge in [0.15, 0.2) is 0 Å². The molecule has 0 aliphatic rings. The lowest BCUT2D eigenvalue weighted by atomic mass is 9.87. The number of unbranched alkanes of at least 4 members (excludes halogenated alkanes) is 2. The number of benzene rings is 2. The predicted octanol–water partition coefficient (Wildman–Crippen LogP) is 5.75. The van der Waals surface area contributed by atoms with Crippen molar-refractivity contribution in [2.24, 2.45) is 11.5 Å². The van der Waals surface area contributed by atoms with Crippen molar-refractivity contribution in [2.75, 3.05) is 13.1 Å². The van der Waals surface area contributed by atoms with Crippen molar-refractivity contribution in [1.82, 2.24) is 0 Å². The van der Waals surface area contributed by atoms with Crippen molar-refractivity contribution < 1.29 is 0 Å². The Morgan fingerprint density at radius 1 is 0.552 bits per heavy atom. The lowest BCUT2D eigenvalue weighted by Crippen LogP contribution is -2.08. The summed E-state index contributed by atoms with van der Waals surface area (Å²) in [5.41, 5.74) is 20.8. The zero-order valence-corrected chi connectivity index (χ0v) is 18.8. The van der Waals surface area contributed by atoms with Gasteiger partial charge in [0.25, 0.3) is 0 Å². The average Bonchev–Trinajstić information content (AvgIpc) is 2.74. The quantitative estimate of drug-likeness (QED) is 0.429. The van der Waals surface area contributed by atoms with Crippen LogP contribution in [-0.4, -0.2) is 13.1 Å². The van der Waals surface area contributed by atoms with E-state index in [0.717, 1.165) is 45.2 Å². The fourth-order valence-corrected chi connectivity index (χ4v) is 4.31. The predicted molar refractivity (Wildman–Crippen MR) is 128 cm³/mol. The molecule has 0 bridgehead atoms. The van der Waals surface area contributed by atoms with Gasteiger partial charge in [-0.05, 0) is 104 Å². The van der Waals surface area contributed by atoms with Gasteiger partial charge in [0.2, 0.25) is 0 Å². The van der Waals surface area contributed by atoms with Crippen molar-refractivity contribution in [3.05, 3.63) is 69.8 Å². The SMILES string of the molecule is CCCCc1c(CCCN)cccc1Cc1cccc(CCCN)c1CCCC. The zero-order chi connectivity index (χ0) is 20.9. The van der Waals surface area contributed by atoms with Gasteiger partial charge >= 0.3 is 0 Å². The maximum absolute atomic E-state index is 5.80. The van der Waals surface area contributed by atoms with Gasteiger partial charge in [-0.15, -0.1) is 0 Å². The van der Waals surface area contributed by atoms with Crippen molar-refractivity contribution in [1.29, 1.82) is 0 Å². The summed E-state index contributed by atoms with van der Waals surface area (Å²) in [6.45, 7) is 6.10. The van der Waals surface area contributed by atoms with E-state index >= 15 is 0 Å². The molecule has 160 valence electrons. The van der Waals surface area contributed by atoms with Crippen LogP contribution in [0.2, 0.25) is 0 Å². The highest BCUT2D eigenvalue weighted by atomic mass is 14.5. The lowest BCUT2D eigenvalue weighted by molar-refractivity contribution is 0.755. The Kier molecular flexibility index (Phi) is 11.1. The molecule has 0 fully saturated rings. The molecule has 29 heavy (non-hydrogen) atoms. The molecule has 0 saturated heterocycles. The van der Waals surface area contributed by atoms with E-state index in [-0.39, 0.29) is 0 Å². The summed E-state index contributed by atoms with van der Waals surface area (Å²) >= 11 is 0. The first-order chi connectivity index (χ1) is 14.2. The topological polar surface area (TPSA) is 52.0 Å². The molecular formula is C27H42N2. The normalized spacial score (nSPS) is 11.2. The van der Waals surface area contributed by atoms with Crippen LogP contribution in [0, 0.1) is 0 Å². The Morgan fingerprint density at radius 3 is 1.34 bits per heavy atom. The molecule has 0 heterocycles. The number of nitrogens with two attached hydrogens (primary N) is 2. The molecule has 0 spiro atoms. The third kappa shape index (κ3) is 7.28. The first-order valence-corrected chi connectivity index (χ1v) is 11.8. The molecular weight excluding hydrogens is 352 g/mol. The fraction of sp³-hybridized carbons (Fsp3) is 0.556. The van der Waals surface area contributed by atoms with Crippen LogP contribution in [0.25, 0.3) is 0 Å². The van der Waals surface area contributed by atoms with Crippen LogP contribution >= 0.6 is 0 Å². The van der Waals surface area contributed by atoms with E-state index in [4.69, 9.17) is 11.5 Å². The largest absolute Gasteiger partial charge is 0.330 e. The number of aryl methyl sites for hydroxylation is 2. The number of hydrogen-bond acceptors (Lipinski definition) is 2. The number of rotatable bonds is 14. The molecule has 0 radical (unpaired) electrons. The summed E-state index contributed by atoms with van der Waals surface area (Å²) in [7, 11) is 0. The average molecular weight is 395 g/mol. The van der Waals surface area contributed by atoms with Crippen LogP contribution in [0.5, 0.6) is 0 Å². The van der Waals surface area contributed by atoms with Gasteiger partial charge in [-0.3, -0.25) is 0 Å². The van der Waals surface area contributed by atoms with Crippen LogP contribution < -0.4 is 11.5 Å². The van der Waals surface area contributed by atoms with Crippen LogP contribution in [0.4, 0.5) is 0 Å². The van der Waals surface area contributed by atoms with Gasteiger partial charge in [0, 0.05) is 0 Å². The van der Waals surface area contributed by atoms with Gasteiger partial charge in [-0.25, -0.2) is 0 Å². The Hall–Kier alpha value is -1.64. The smallest absolute Gasteiger partial charge is 0.00201 e. The molecule has 2 heteroatoms. The minimum atomic E-state index is 0.766. The van der Waals surface area contributed by atoms with E-state index in [0.29, 0.717) is 0 Å². The molecule has 2 nitrogen and oxygen atoms in total. The molecule has 0 saturated carbocycles. The van der Waals surface area contributed by atoms with Gasteiger partial charge in [-0.2, -0.15) is 0 Å². The zero-order valence-electron chi connectivity index (χ0n) is 18.8. The summed E-state index contributed by atoms with van der Waals surface area (Å²) in [6, 6.07) is 13.8. The van der Waals surface area contributed by atoms with E-state index in [2.05, 4.69) is 50.2 Å². The molecule has 2 rings (SSSR count). The van der Waals surface area contributed by atoms with Crippen molar-refractivity contribution >= 4 is 0 Å². The van der Waals surface area contributed by atoms with E-state index in [1.165, 1.54) is 60.8 Å². The minimum absolute atomic E-state index is 0.766. The van der Waals surface area contributed by atoms with E-state index in [1.54, 1.807) is 11.1 Å². The summed E-state index contributed by atoms with van der Waals surface area (Å²) in [6.07, 6.45) is 12.7. The number of hydrogen-bond donors (Lipinski definition) is 2. The first kappa shape index (κ1) is 23.6. The van der Waals surface area contributed by atoms with Gasteiger partial charge in [0.1, 0.15) is 0 Å². The molecule has 0 aliphatic heterocycles. The molecule has 0 unspecified atom stereocenters. The van der Waals surface area contributed by atoms with Crippen LogP contribution in [0.1, 0.15) is 85.8 Å². The third-order valence-electron chi connectivity index (χ3n) is 5.98. The van der Waals surface area contributed by atoms with Crippen molar-refractivity contribution in [3.8, 4) is 0 Å². The van der Waals surface area contributed by atoms with E-state index in [1.807, 2.05) is 0 Å². The van der Waals surface area contributed by atoms with Crippen molar-refractivity contribution in [3.63, 3.8) is 0 Å². The minimum Gasteiger partial charge on any atom is -0.330 e. The fourth-order valence-electron chi connectivity index (χ4n) is 4.31. The van der Waals surface area contributed by atoms with E-state index in [9.17, 15) is 0 Å². The maximum atomic E-state index is 5.80. The Morgan fingerprint density at radius 2 is 0.966 bits per heavy atom. The van der Waals surface area contributed by atoms with Gasteiger partial charge in [-0.1, -0.05) is 63.1 Å². The molecule has 2 aromatic carbocycles. The summed E-state index contributed by atoms with van der Waals surface area (Å²) < 4.78 is 0. The second-order valence-electron chi connectivity index (χ2n) is 8.28. The van der Waals surface area contributed by atoms with E-state index < -0.39 is 0 Å². The van der Waals surface area contributed by atoms with Crippen LogP contribution in [-0.2, 0) is 32.1 Å². The molecule has 0 aromatic heterocycles. The Labute approximate surface area is 179 Å². The van der Waals surface area contributed by atoms with Crippen LogP contribution in [0.3, 0.4) is 0 Å². The van der Waals surface area contributed by atoms with Gasteiger partial charge in [0.05, 0.1) is 0 Å². The maximum Gasteiger partial charge on any atom is -0.00201 e. The second kappa shape index (κ2) is 13.6. The lowest BCUT2D eigenvalue weighted by Gasteiger charge is -2.19. The van der Waals surface area contributed by atoms with Gasteiger partial charge < -0.3 is 11.5 Å². The molecule has 4 N–H and O–H groups in total. The highest BCUT2D eigenvalue weighted by Gasteiger charge is 2.13. The Bertz CT molecular complexity index is 659. The highest BCUT2D eigenvalue weighted by Crippen LogP contribution is 2.26. The summed E-state index contributed by atoms with van der Waals surface area (Å²) in [4.78, 5) is 0. The monoisotopic (exact) mass is 394 g/mol. The summed E-state index contributed by atoms with van der Waals surface area (Å²) in [5.74, 6) is 0. The summed E-state index contributed by atoms with van der Waals surface area (Å²) in [5, 5.41) is 0. The Balaban J connectivity index is 2.38. The second-order valence-corrected chi connectivity index (χ2v) is 8.28.